The number of rotatable bonds is 7. The Labute approximate surface area is 148 Å². The van der Waals surface area contributed by atoms with Gasteiger partial charge in [-0.1, -0.05) is 12.1 Å². The summed E-state index contributed by atoms with van der Waals surface area (Å²) in [6.45, 7) is 1.91. The third-order valence-electron chi connectivity index (χ3n) is 5.07. The number of hydrogen-bond acceptors (Lipinski definition) is 3. The minimum atomic E-state index is -3.83. The number of nitrogens with zero attached hydrogens (tertiary/aromatic N) is 1. The number of hydrogen-bond donors (Lipinski definition) is 1. The van der Waals surface area contributed by atoms with Gasteiger partial charge >= 0.3 is 0 Å². The predicted octanol–water partition coefficient (Wildman–Crippen LogP) is 2.53. The molecule has 1 aromatic carbocycles. The van der Waals surface area contributed by atoms with E-state index in [2.05, 4.69) is 4.72 Å². The lowest BCUT2D eigenvalue weighted by Crippen LogP contribution is -2.32. The van der Waals surface area contributed by atoms with Crippen LogP contribution < -0.4 is 4.72 Å². The van der Waals surface area contributed by atoms with Gasteiger partial charge in [-0.2, -0.15) is 0 Å². The molecule has 7 heteroatoms. The van der Waals surface area contributed by atoms with Gasteiger partial charge in [0.05, 0.1) is 0 Å². The molecule has 5 nitrogen and oxygen atoms in total. The van der Waals surface area contributed by atoms with E-state index in [-0.39, 0.29) is 17.3 Å². The van der Waals surface area contributed by atoms with Gasteiger partial charge in [-0.15, -0.1) is 0 Å². The quantitative estimate of drug-likeness (QED) is 0.804. The number of sulfonamides is 1. The molecule has 25 heavy (non-hydrogen) atoms. The average molecular weight is 368 g/mol. The second-order valence-electron chi connectivity index (χ2n) is 7.09. The molecule has 1 atom stereocenters. The number of likely N-dealkylation sites (tertiary alicyclic amines) is 1. The first-order valence-electron chi connectivity index (χ1n) is 8.97. The number of halogens is 1. The van der Waals surface area contributed by atoms with Gasteiger partial charge in [-0.25, -0.2) is 17.5 Å². The molecule has 2 aliphatic rings. The average Bonchev–Trinajstić information content (AvgIpc) is 3.40. The van der Waals surface area contributed by atoms with E-state index in [1.54, 1.807) is 0 Å². The van der Waals surface area contributed by atoms with Crippen molar-refractivity contribution in [2.24, 2.45) is 11.8 Å². The molecule has 0 bridgehead atoms. The summed E-state index contributed by atoms with van der Waals surface area (Å²) in [7, 11) is -3.83. The first kappa shape index (κ1) is 18.3. The Hall–Kier alpha value is -1.47. The highest BCUT2D eigenvalue weighted by Crippen LogP contribution is 2.31. The first-order chi connectivity index (χ1) is 12.0. The lowest BCUT2D eigenvalue weighted by atomic mass is 9.97. The Morgan fingerprint density at radius 1 is 1.12 bits per heavy atom. The number of carbonyl (C=O) groups excluding carboxylic acids is 1. The second kappa shape index (κ2) is 7.83. The highest BCUT2D eigenvalue weighted by atomic mass is 32.2. The molecule has 1 unspecified atom stereocenters. The third kappa shape index (κ3) is 5.01. The van der Waals surface area contributed by atoms with Gasteiger partial charge < -0.3 is 4.90 Å². The molecule has 1 amide bonds. The molecule has 1 heterocycles. The Morgan fingerprint density at radius 2 is 1.88 bits per heavy atom. The van der Waals surface area contributed by atoms with Crippen LogP contribution in [0.15, 0.2) is 29.2 Å². The molecule has 0 radical (unpaired) electrons. The van der Waals surface area contributed by atoms with E-state index in [1.807, 2.05) is 4.90 Å². The zero-order valence-electron chi connectivity index (χ0n) is 14.3. The van der Waals surface area contributed by atoms with Crippen molar-refractivity contribution in [1.82, 2.24) is 9.62 Å². The predicted molar refractivity (Wildman–Crippen MR) is 92.9 cm³/mol. The van der Waals surface area contributed by atoms with Crippen molar-refractivity contribution in [1.29, 1.82) is 0 Å². The lowest BCUT2D eigenvalue weighted by molar-refractivity contribution is -0.130. The molecular formula is C18H25FN2O3S. The molecule has 1 aromatic rings. The fourth-order valence-corrected chi connectivity index (χ4v) is 4.45. The van der Waals surface area contributed by atoms with Crippen LogP contribution in [-0.2, 0) is 14.8 Å². The molecule has 1 saturated heterocycles. The summed E-state index contributed by atoms with van der Waals surface area (Å²) >= 11 is 0. The topological polar surface area (TPSA) is 66.5 Å². The van der Waals surface area contributed by atoms with Crippen molar-refractivity contribution in [2.75, 3.05) is 19.6 Å². The van der Waals surface area contributed by atoms with Crippen LogP contribution in [0.4, 0.5) is 4.39 Å². The Balaban J connectivity index is 1.48. The second-order valence-corrected chi connectivity index (χ2v) is 8.83. The minimum absolute atomic E-state index is 0.223. The lowest BCUT2D eigenvalue weighted by Gasteiger charge is -2.20. The Bertz CT molecular complexity index is 719. The van der Waals surface area contributed by atoms with Crippen LogP contribution in [0.3, 0.4) is 0 Å². The highest BCUT2D eigenvalue weighted by molar-refractivity contribution is 7.89. The number of nitrogens with one attached hydrogen (secondary N) is 1. The van der Waals surface area contributed by atoms with Gasteiger partial charge in [-0.05, 0) is 56.1 Å². The summed E-state index contributed by atoms with van der Waals surface area (Å²) in [5.74, 6) is 0.483. The molecule has 1 aliphatic heterocycles. The van der Waals surface area contributed by atoms with Crippen LogP contribution in [0, 0.1) is 17.7 Å². The Morgan fingerprint density at radius 3 is 2.60 bits per heavy atom. The van der Waals surface area contributed by atoms with Gasteiger partial charge in [0.1, 0.15) is 10.7 Å². The van der Waals surface area contributed by atoms with Gasteiger partial charge in [0.15, 0.2) is 0 Å². The smallest absolute Gasteiger partial charge is 0.243 e. The van der Waals surface area contributed by atoms with Gasteiger partial charge in [0.2, 0.25) is 15.9 Å². The van der Waals surface area contributed by atoms with E-state index >= 15 is 0 Å². The van der Waals surface area contributed by atoms with Gasteiger partial charge in [-0.3, -0.25) is 4.79 Å². The Kier molecular flexibility index (Phi) is 5.74. The highest BCUT2D eigenvalue weighted by Gasteiger charge is 2.29. The zero-order chi connectivity index (χ0) is 17.9. The number of amides is 1. The van der Waals surface area contributed by atoms with E-state index in [0.717, 1.165) is 32.0 Å². The summed E-state index contributed by atoms with van der Waals surface area (Å²) in [4.78, 5) is 13.8. The number of benzene rings is 1. The SMILES string of the molecule is O=C1CCC(CCNS(=O)(=O)c2ccccc2F)CCN1CC1CC1. The van der Waals surface area contributed by atoms with Crippen molar-refractivity contribution in [2.45, 2.75) is 43.4 Å². The van der Waals surface area contributed by atoms with Crippen molar-refractivity contribution in [3.8, 4) is 0 Å². The molecule has 0 spiro atoms. The van der Waals surface area contributed by atoms with E-state index in [4.69, 9.17) is 0 Å². The van der Waals surface area contributed by atoms with Crippen LogP contribution >= 0.6 is 0 Å². The van der Waals surface area contributed by atoms with Crippen LogP contribution in [-0.4, -0.2) is 38.9 Å². The maximum absolute atomic E-state index is 13.7. The fourth-order valence-electron chi connectivity index (χ4n) is 3.32. The summed E-state index contributed by atoms with van der Waals surface area (Å²) in [5.41, 5.74) is 0. The van der Waals surface area contributed by atoms with Crippen LogP contribution in [0.1, 0.15) is 38.5 Å². The molecule has 138 valence electrons. The number of carbonyl (C=O) groups is 1. The first-order valence-corrected chi connectivity index (χ1v) is 10.5. The van der Waals surface area contributed by atoms with Gasteiger partial charge in [0.25, 0.3) is 0 Å². The molecular weight excluding hydrogens is 343 g/mol. The summed E-state index contributed by atoms with van der Waals surface area (Å²) in [6, 6.07) is 5.37. The molecule has 1 aliphatic carbocycles. The minimum Gasteiger partial charge on any atom is -0.342 e. The summed E-state index contributed by atoms with van der Waals surface area (Å²) in [6.07, 6.45) is 5.35. The van der Waals surface area contributed by atoms with E-state index < -0.39 is 15.8 Å². The molecule has 2 fully saturated rings. The van der Waals surface area contributed by atoms with E-state index in [0.29, 0.717) is 24.7 Å². The van der Waals surface area contributed by atoms with Gasteiger partial charge in [0, 0.05) is 26.1 Å². The maximum Gasteiger partial charge on any atom is 0.243 e. The fraction of sp³-hybridized carbons (Fsp3) is 0.611. The normalized spacial score (nSPS) is 22.0. The van der Waals surface area contributed by atoms with E-state index in [9.17, 15) is 17.6 Å². The van der Waals surface area contributed by atoms with Crippen LogP contribution in [0.5, 0.6) is 0 Å². The molecule has 0 aromatic heterocycles. The summed E-state index contributed by atoms with van der Waals surface area (Å²) < 4.78 is 40.5. The van der Waals surface area contributed by atoms with Crippen molar-refractivity contribution < 1.29 is 17.6 Å². The molecule has 1 N–H and O–H groups in total. The van der Waals surface area contributed by atoms with Crippen LogP contribution in [0.2, 0.25) is 0 Å². The van der Waals surface area contributed by atoms with Crippen molar-refractivity contribution in [3.63, 3.8) is 0 Å². The van der Waals surface area contributed by atoms with Crippen molar-refractivity contribution >= 4 is 15.9 Å². The molecule has 3 rings (SSSR count). The monoisotopic (exact) mass is 368 g/mol. The van der Waals surface area contributed by atoms with Crippen molar-refractivity contribution in [3.05, 3.63) is 30.1 Å². The standard InChI is InChI=1S/C18H25FN2O3S/c19-16-3-1-2-4-17(16)25(23,24)20-11-9-14-7-8-18(22)21(12-10-14)13-15-5-6-15/h1-4,14-15,20H,5-13H2. The summed E-state index contributed by atoms with van der Waals surface area (Å²) in [5, 5.41) is 0. The third-order valence-corrected chi connectivity index (χ3v) is 6.57. The maximum atomic E-state index is 13.7. The zero-order valence-corrected chi connectivity index (χ0v) is 15.1. The van der Waals surface area contributed by atoms with E-state index in [1.165, 1.54) is 31.0 Å². The largest absolute Gasteiger partial charge is 0.342 e. The van der Waals surface area contributed by atoms with Crippen LogP contribution in [0.25, 0.3) is 0 Å². The molecule has 1 saturated carbocycles.